The molecule has 4 aromatic carbocycles. The first kappa shape index (κ1) is 53.6. The molecule has 0 N–H and O–H groups in total. The minimum atomic E-state index is -2.00. The number of nitro groups is 2. The van der Waals surface area contributed by atoms with Crippen LogP contribution in [-0.2, 0) is 60.4 Å². The number of methoxy groups -OCH3 is 2. The average Bonchev–Trinajstić information content (AvgIpc) is 3.36. The summed E-state index contributed by atoms with van der Waals surface area (Å²) in [6, 6.07) is 23.7. The fraction of sp³-hybridized carbons (Fsp3) is 0.333. The normalized spacial score (nSPS) is 11.2. The maximum Gasteiger partial charge on any atom is 0.338 e. The van der Waals surface area contributed by atoms with E-state index in [2.05, 4.69) is 9.47 Å². The molecule has 0 aliphatic carbocycles. The topological polar surface area (TPSA) is 244 Å². The molecule has 69 heavy (non-hydrogen) atoms. The Morgan fingerprint density at radius 1 is 0.464 bits per heavy atom. The van der Waals surface area contributed by atoms with Crippen molar-refractivity contribution in [3.05, 3.63) is 163 Å². The first-order valence-electron chi connectivity index (χ1n) is 22.1. The predicted molar refractivity (Wildman–Crippen MR) is 250 cm³/mol. The zero-order valence-corrected chi connectivity index (χ0v) is 38.4. The van der Waals surface area contributed by atoms with Gasteiger partial charge in [0.25, 0.3) is 11.4 Å². The van der Waals surface area contributed by atoms with E-state index in [1.807, 2.05) is 0 Å². The van der Waals surface area contributed by atoms with Crippen molar-refractivity contribution in [3.8, 4) is 0 Å². The Bertz CT molecular complexity index is 2260. The molecule has 0 unspecified atom stereocenters. The van der Waals surface area contributed by atoms with Gasteiger partial charge in [0.2, 0.25) is 0 Å². The zero-order valence-electron chi connectivity index (χ0n) is 38.4. The van der Waals surface area contributed by atoms with Crippen molar-refractivity contribution in [1.29, 1.82) is 0 Å². The largest absolute Gasteiger partial charge is 0.466 e. The van der Waals surface area contributed by atoms with Crippen LogP contribution >= 0.6 is 0 Å². The van der Waals surface area contributed by atoms with E-state index in [9.17, 15) is 49.0 Å². The van der Waals surface area contributed by atoms with Gasteiger partial charge in [-0.25, -0.2) is 19.2 Å². The van der Waals surface area contributed by atoms with E-state index in [4.69, 9.17) is 18.9 Å². The molecule has 0 spiro atoms. The maximum atomic E-state index is 14.3. The Morgan fingerprint density at radius 3 is 1.09 bits per heavy atom. The van der Waals surface area contributed by atoms with Crippen molar-refractivity contribution in [1.82, 2.24) is 0 Å². The number of esters is 6. The van der Waals surface area contributed by atoms with Gasteiger partial charge in [0.15, 0.2) is 5.41 Å². The molecule has 0 aromatic heterocycles. The van der Waals surface area contributed by atoms with Gasteiger partial charge in [-0.15, -0.1) is 0 Å². The number of nitro benzene ring substituents is 2. The molecule has 0 aliphatic rings. The number of unbranched alkanes of at least 4 members (excludes halogenated alkanes) is 6. The average molecular weight is 951 g/mol. The highest BCUT2D eigenvalue weighted by molar-refractivity contribution is 6.01. The molecule has 0 amide bonds. The zero-order chi connectivity index (χ0) is 50.0. The number of nitrogens with zero attached hydrogens (tertiary/aromatic N) is 2. The van der Waals surface area contributed by atoms with E-state index in [1.54, 1.807) is 60.7 Å². The minimum absolute atomic E-state index is 0.0742. The molecule has 18 heteroatoms. The summed E-state index contributed by atoms with van der Waals surface area (Å²) in [5.41, 5.74) is 0.473. The van der Waals surface area contributed by atoms with Crippen LogP contribution in [0.15, 0.2) is 109 Å². The van der Waals surface area contributed by atoms with Crippen LogP contribution in [0, 0.1) is 25.6 Å². The number of ether oxygens (including phenoxy) is 6. The molecular weight excluding hydrogens is 897 g/mol. The number of hydrogen-bond acceptors (Lipinski definition) is 16. The van der Waals surface area contributed by atoms with Crippen molar-refractivity contribution in [2.75, 3.05) is 40.6 Å². The lowest BCUT2D eigenvalue weighted by molar-refractivity contribution is -0.385. The third-order valence-electron chi connectivity index (χ3n) is 10.6. The first-order valence-corrected chi connectivity index (χ1v) is 22.1. The Labute approximate surface area is 398 Å². The van der Waals surface area contributed by atoms with E-state index < -0.39 is 51.1 Å². The first-order chi connectivity index (χ1) is 33.2. The lowest BCUT2D eigenvalue weighted by Gasteiger charge is -2.30. The van der Waals surface area contributed by atoms with Crippen LogP contribution in [0.3, 0.4) is 0 Å². The monoisotopic (exact) mass is 950 g/mol. The van der Waals surface area contributed by atoms with Gasteiger partial charge in [-0.3, -0.25) is 29.8 Å². The summed E-state index contributed by atoms with van der Waals surface area (Å²) in [6.07, 6.45) is 9.36. The summed E-state index contributed by atoms with van der Waals surface area (Å²) in [6.45, 7) is 0.140. The van der Waals surface area contributed by atoms with Gasteiger partial charge < -0.3 is 28.4 Å². The molecule has 364 valence electrons. The van der Waals surface area contributed by atoms with Crippen molar-refractivity contribution in [2.24, 2.45) is 5.41 Å². The van der Waals surface area contributed by atoms with Gasteiger partial charge in [0, 0.05) is 36.4 Å². The standard InChI is InChI=1S/C51H54N2O16/c1-64-45(54)29-19-37-11-21-41(22-12-37)47(56)66-31-7-3-5-9-33-68-49(58)51(35-39-15-25-43(26-16-39)52(60)61,36-40-17-27-44(28-18-40)53(62)63)50(59)69-34-10-6-4-8-32-67-48(57)42-23-13-38(14-24-42)20-30-46(55)65-2/h11-30H,3-10,31-36H2,1-2H3/b29-19+,30-20+. The lowest BCUT2D eigenvalue weighted by Crippen LogP contribution is -2.46. The smallest absolute Gasteiger partial charge is 0.338 e. The molecule has 4 aromatic rings. The van der Waals surface area contributed by atoms with E-state index >= 15 is 0 Å². The van der Waals surface area contributed by atoms with Crippen molar-refractivity contribution < 1.29 is 67.0 Å². The Kier molecular flexibility index (Phi) is 21.9. The SMILES string of the molecule is COC(=O)/C=C/c1ccc(C(=O)OCCCCCCOC(=O)C(Cc2ccc([N+](=O)[O-])cc2)(Cc2ccc([N+](=O)[O-])cc2)C(=O)OCCCCCCOC(=O)c2ccc(/C=C/C(=O)OC)cc2)cc1. The summed E-state index contributed by atoms with van der Waals surface area (Å²) in [5, 5.41) is 22.8. The maximum absolute atomic E-state index is 14.3. The van der Waals surface area contributed by atoms with Crippen LogP contribution in [0.5, 0.6) is 0 Å². The molecule has 0 radical (unpaired) electrons. The fourth-order valence-electron chi connectivity index (χ4n) is 6.75. The van der Waals surface area contributed by atoms with Crippen LogP contribution in [0.1, 0.15) is 94.3 Å². The summed E-state index contributed by atoms with van der Waals surface area (Å²) in [5.74, 6) is -3.84. The van der Waals surface area contributed by atoms with Gasteiger partial charge in [-0.05, 0) is 123 Å². The lowest BCUT2D eigenvalue weighted by atomic mass is 9.76. The highest BCUT2D eigenvalue weighted by Crippen LogP contribution is 2.34. The highest BCUT2D eigenvalue weighted by Gasteiger charge is 2.49. The van der Waals surface area contributed by atoms with E-state index in [-0.39, 0.29) is 50.6 Å². The van der Waals surface area contributed by atoms with Gasteiger partial charge in [-0.2, -0.15) is 0 Å². The molecule has 0 bridgehead atoms. The highest BCUT2D eigenvalue weighted by atomic mass is 16.6. The molecule has 4 rings (SSSR count). The van der Waals surface area contributed by atoms with Gasteiger partial charge in [0.05, 0.1) is 61.6 Å². The molecule has 0 fully saturated rings. The number of rotatable bonds is 28. The fourth-order valence-corrected chi connectivity index (χ4v) is 6.75. The van der Waals surface area contributed by atoms with Crippen molar-refractivity contribution in [3.63, 3.8) is 0 Å². The quantitative estimate of drug-likeness (QED) is 0.00984. The minimum Gasteiger partial charge on any atom is -0.466 e. The second-order valence-electron chi connectivity index (χ2n) is 15.6. The summed E-state index contributed by atoms with van der Waals surface area (Å²) in [7, 11) is 2.54. The van der Waals surface area contributed by atoms with E-state index in [0.717, 1.165) is 0 Å². The van der Waals surface area contributed by atoms with Gasteiger partial charge >= 0.3 is 35.8 Å². The Hall–Kier alpha value is -8.02. The van der Waals surface area contributed by atoms with Crippen molar-refractivity contribution >= 4 is 59.3 Å². The number of hydrogen-bond donors (Lipinski definition) is 0. The Morgan fingerprint density at radius 2 is 0.783 bits per heavy atom. The molecule has 0 atom stereocenters. The summed E-state index contributed by atoms with van der Waals surface area (Å²) in [4.78, 5) is 97.9. The van der Waals surface area contributed by atoms with E-state index in [0.29, 0.717) is 84.7 Å². The molecule has 18 nitrogen and oxygen atoms in total. The third kappa shape index (κ3) is 18.0. The van der Waals surface area contributed by atoms with Gasteiger partial charge in [-0.1, -0.05) is 48.5 Å². The number of carbonyl (C=O) groups is 6. The Balaban J connectivity index is 1.34. The van der Waals surface area contributed by atoms with Gasteiger partial charge in [0.1, 0.15) is 0 Å². The van der Waals surface area contributed by atoms with E-state index in [1.165, 1.54) is 74.9 Å². The van der Waals surface area contributed by atoms with Crippen LogP contribution in [0.25, 0.3) is 12.2 Å². The second-order valence-corrected chi connectivity index (χ2v) is 15.6. The number of non-ortho nitro benzene ring substituents is 2. The van der Waals surface area contributed by atoms with Crippen LogP contribution in [-0.4, -0.2) is 86.3 Å². The molecule has 0 saturated heterocycles. The van der Waals surface area contributed by atoms with Crippen LogP contribution in [0.2, 0.25) is 0 Å². The second kappa shape index (κ2) is 28.2. The number of carbonyl (C=O) groups excluding carboxylic acids is 6. The van der Waals surface area contributed by atoms with Crippen LogP contribution < -0.4 is 0 Å². The van der Waals surface area contributed by atoms with Crippen LogP contribution in [0.4, 0.5) is 11.4 Å². The molecule has 0 saturated carbocycles. The summed E-state index contributed by atoms with van der Waals surface area (Å²) >= 11 is 0. The predicted octanol–water partition coefficient (Wildman–Crippen LogP) is 8.57. The third-order valence-corrected chi connectivity index (χ3v) is 10.6. The summed E-state index contributed by atoms with van der Waals surface area (Å²) < 4.78 is 31.4. The molecular formula is C51H54N2O16. The molecule has 0 aliphatic heterocycles. The van der Waals surface area contributed by atoms with Crippen molar-refractivity contribution in [2.45, 2.75) is 64.2 Å². The molecule has 0 heterocycles. The number of benzene rings is 4.